The van der Waals surface area contributed by atoms with Gasteiger partial charge in [-0.25, -0.2) is 4.39 Å². The molecule has 166 valence electrons. The molecule has 1 N–H and O–H groups in total. The minimum absolute atomic E-state index is 0.178. The monoisotopic (exact) mass is 443 g/mol. The van der Waals surface area contributed by atoms with Crippen LogP contribution in [0.25, 0.3) is 28.1 Å². The number of rotatable bonds is 5. The molecule has 3 aromatic carbocycles. The van der Waals surface area contributed by atoms with Gasteiger partial charge in [0.15, 0.2) is 0 Å². The number of hydrogen-bond donors (Lipinski definition) is 1. The highest BCUT2D eigenvalue weighted by Gasteiger charge is 2.25. The molecular weight excluding hydrogens is 421 g/mol. The number of esters is 1. The molecule has 0 spiro atoms. The van der Waals surface area contributed by atoms with Crippen molar-refractivity contribution in [3.63, 3.8) is 0 Å². The van der Waals surface area contributed by atoms with Gasteiger partial charge in [-0.3, -0.25) is 9.59 Å². The van der Waals surface area contributed by atoms with E-state index in [0.717, 1.165) is 16.8 Å². The lowest BCUT2D eigenvalue weighted by molar-refractivity contribution is -0.132. The van der Waals surface area contributed by atoms with Crippen molar-refractivity contribution < 1.29 is 18.7 Å². The molecular formula is C26H22FN3O3. The van der Waals surface area contributed by atoms with Crippen LogP contribution in [0.4, 0.5) is 10.1 Å². The molecule has 0 saturated heterocycles. The van der Waals surface area contributed by atoms with Crippen molar-refractivity contribution in [1.82, 2.24) is 9.78 Å². The number of hydrogen-bond acceptors (Lipinski definition) is 4. The molecule has 0 aliphatic carbocycles. The topological polar surface area (TPSA) is 73.2 Å². The molecule has 1 heterocycles. The summed E-state index contributed by atoms with van der Waals surface area (Å²) >= 11 is 0. The lowest BCUT2D eigenvalue weighted by atomic mass is 10.0. The van der Waals surface area contributed by atoms with E-state index in [9.17, 15) is 14.0 Å². The third-order valence-corrected chi connectivity index (χ3v) is 5.04. The van der Waals surface area contributed by atoms with Crippen LogP contribution in [-0.2, 0) is 9.59 Å². The third-order valence-electron chi connectivity index (χ3n) is 5.04. The van der Waals surface area contributed by atoms with Gasteiger partial charge in [0.2, 0.25) is 11.8 Å². The maximum absolute atomic E-state index is 13.6. The fourth-order valence-electron chi connectivity index (χ4n) is 3.59. The SMILES string of the molecule is CC(=O)Nc1ccc(-c2c(-c3ccc(F)cc3)nn(-c3ccccc3C)c2OC(C)=O)cc1. The zero-order valence-corrected chi connectivity index (χ0v) is 18.4. The van der Waals surface area contributed by atoms with Crippen LogP contribution in [0.3, 0.4) is 0 Å². The average Bonchev–Trinajstić information content (AvgIpc) is 3.13. The molecule has 33 heavy (non-hydrogen) atoms. The van der Waals surface area contributed by atoms with Crippen LogP contribution in [0.2, 0.25) is 0 Å². The molecule has 1 aromatic heterocycles. The molecule has 0 atom stereocenters. The van der Waals surface area contributed by atoms with Crippen molar-refractivity contribution in [3.05, 3.63) is 84.2 Å². The van der Waals surface area contributed by atoms with Gasteiger partial charge in [-0.2, -0.15) is 9.78 Å². The number of ether oxygens (including phenoxy) is 1. The second-order valence-electron chi connectivity index (χ2n) is 7.59. The van der Waals surface area contributed by atoms with Crippen LogP contribution in [0, 0.1) is 12.7 Å². The number of nitrogens with one attached hydrogen (secondary N) is 1. The summed E-state index contributed by atoms with van der Waals surface area (Å²) in [7, 11) is 0. The van der Waals surface area contributed by atoms with Gasteiger partial charge >= 0.3 is 5.97 Å². The molecule has 6 nitrogen and oxygen atoms in total. The van der Waals surface area contributed by atoms with Crippen molar-refractivity contribution in [2.24, 2.45) is 0 Å². The fourth-order valence-corrected chi connectivity index (χ4v) is 3.59. The van der Waals surface area contributed by atoms with Crippen molar-refractivity contribution in [1.29, 1.82) is 0 Å². The molecule has 0 saturated carbocycles. The fraction of sp³-hybridized carbons (Fsp3) is 0.115. The van der Waals surface area contributed by atoms with E-state index in [1.54, 1.807) is 28.9 Å². The van der Waals surface area contributed by atoms with Crippen LogP contribution in [-0.4, -0.2) is 21.7 Å². The van der Waals surface area contributed by atoms with Gasteiger partial charge < -0.3 is 10.1 Å². The predicted molar refractivity (Wildman–Crippen MR) is 125 cm³/mol. The van der Waals surface area contributed by atoms with Crippen LogP contribution < -0.4 is 10.1 Å². The summed E-state index contributed by atoms with van der Waals surface area (Å²) in [6, 6.07) is 20.7. The minimum Gasteiger partial charge on any atom is -0.407 e. The Kier molecular flexibility index (Phi) is 6.04. The summed E-state index contributed by atoms with van der Waals surface area (Å²) in [5.41, 5.74) is 4.81. The van der Waals surface area contributed by atoms with Crippen molar-refractivity contribution >= 4 is 17.6 Å². The number of halogens is 1. The summed E-state index contributed by atoms with van der Waals surface area (Å²) in [4.78, 5) is 23.5. The van der Waals surface area contributed by atoms with Crippen molar-refractivity contribution in [3.8, 4) is 34.0 Å². The number of amides is 1. The Morgan fingerprint density at radius 3 is 2.15 bits per heavy atom. The first kappa shape index (κ1) is 22.0. The van der Waals surface area contributed by atoms with Gasteiger partial charge in [0.1, 0.15) is 11.5 Å². The average molecular weight is 443 g/mol. The zero-order chi connectivity index (χ0) is 23.5. The van der Waals surface area contributed by atoms with E-state index in [0.29, 0.717) is 22.5 Å². The number of anilines is 1. The molecule has 0 bridgehead atoms. The van der Waals surface area contributed by atoms with Crippen LogP contribution in [0.1, 0.15) is 19.4 Å². The normalized spacial score (nSPS) is 10.7. The Morgan fingerprint density at radius 1 is 0.909 bits per heavy atom. The summed E-state index contributed by atoms with van der Waals surface area (Å²) in [5, 5.41) is 7.52. The third kappa shape index (κ3) is 4.67. The Morgan fingerprint density at radius 2 is 1.55 bits per heavy atom. The molecule has 4 aromatic rings. The smallest absolute Gasteiger partial charge is 0.309 e. The lowest BCUT2D eigenvalue weighted by Gasteiger charge is -2.11. The summed E-state index contributed by atoms with van der Waals surface area (Å²) < 4.78 is 20.9. The van der Waals surface area contributed by atoms with Crippen LogP contribution >= 0.6 is 0 Å². The standard InChI is InChI=1S/C26H22FN3O3/c1-16-6-4-5-7-23(16)30-26(33-18(3)32)24(19-10-14-22(15-11-19)28-17(2)31)25(29-30)20-8-12-21(27)13-9-20/h4-15H,1-3H3,(H,28,31). The summed E-state index contributed by atoms with van der Waals surface area (Å²) in [6.07, 6.45) is 0. The summed E-state index contributed by atoms with van der Waals surface area (Å²) in [6.45, 7) is 4.70. The first-order valence-corrected chi connectivity index (χ1v) is 10.3. The van der Waals surface area contributed by atoms with Gasteiger partial charge in [0, 0.05) is 25.1 Å². The molecule has 0 fully saturated rings. The number of carbonyl (C=O) groups excluding carboxylic acids is 2. The Labute approximate surface area is 190 Å². The first-order valence-electron chi connectivity index (χ1n) is 10.3. The largest absolute Gasteiger partial charge is 0.407 e. The molecule has 0 aliphatic rings. The van der Waals surface area contributed by atoms with E-state index < -0.39 is 5.97 Å². The highest BCUT2D eigenvalue weighted by molar-refractivity contribution is 5.91. The van der Waals surface area contributed by atoms with Gasteiger partial charge in [-0.05, 0) is 60.5 Å². The predicted octanol–water partition coefficient (Wildman–Crippen LogP) is 5.54. The maximum Gasteiger partial charge on any atom is 0.309 e. The molecule has 7 heteroatoms. The lowest BCUT2D eigenvalue weighted by Crippen LogP contribution is -2.09. The van der Waals surface area contributed by atoms with Crippen LogP contribution in [0.5, 0.6) is 5.88 Å². The maximum atomic E-state index is 13.6. The number of aromatic nitrogens is 2. The quantitative estimate of drug-likeness (QED) is 0.411. The van der Waals surface area contributed by atoms with E-state index in [-0.39, 0.29) is 17.6 Å². The van der Waals surface area contributed by atoms with Gasteiger partial charge in [0.25, 0.3) is 0 Å². The summed E-state index contributed by atoms with van der Waals surface area (Å²) in [5.74, 6) is -0.781. The zero-order valence-electron chi connectivity index (χ0n) is 18.4. The van der Waals surface area contributed by atoms with E-state index in [4.69, 9.17) is 9.84 Å². The minimum atomic E-state index is -0.494. The molecule has 0 radical (unpaired) electrons. The molecule has 4 rings (SSSR count). The number of para-hydroxylation sites is 1. The number of nitrogens with zero attached hydrogens (tertiary/aromatic N) is 2. The van der Waals surface area contributed by atoms with Crippen LogP contribution in [0.15, 0.2) is 72.8 Å². The first-order chi connectivity index (χ1) is 15.8. The van der Waals surface area contributed by atoms with Crippen molar-refractivity contribution in [2.45, 2.75) is 20.8 Å². The van der Waals surface area contributed by atoms with Gasteiger partial charge in [-0.1, -0.05) is 30.3 Å². The number of benzene rings is 3. The van der Waals surface area contributed by atoms with E-state index in [2.05, 4.69) is 5.32 Å². The number of carbonyl (C=O) groups is 2. The second kappa shape index (κ2) is 9.08. The van der Waals surface area contributed by atoms with Gasteiger partial charge in [-0.15, -0.1) is 0 Å². The second-order valence-corrected chi connectivity index (χ2v) is 7.59. The molecule has 1 amide bonds. The number of aryl methyl sites for hydroxylation is 1. The Hall–Kier alpha value is -4.26. The van der Waals surface area contributed by atoms with Gasteiger partial charge in [0.05, 0.1) is 11.3 Å². The Bertz CT molecular complexity index is 1330. The van der Waals surface area contributed by atoms with E-state index >= 15 is 0 Å². The Balaban J connectivity index is 1.99. The van der Waals surface area contributed by atoms with E-state index in [1.165, 1.54) is 26.0 Å². The van der Waals surface area contributed by atoms with E-state index in [1.807, 2.05) is 43.3 Å². The van der Waals surface area contributed by atoms with Crippen molar-refractivity contribution in [2.75, 3.05) is 5.32 Å². The molecule has 0 aliphatic heterocycles. The molecule has 0 unspecified atom stereocenters. The highest BCUT2D eigenvalue weighted by atomic mass is 19.1. The highest BCUT2D eigenvalue weighted by Crippen LogP contribution is 2.41.